The van der Waals surface area contributed by atoms with Crippen molar-refractivity contribution in [1.29, 1.82) is 0 Å². The monoisotopic (exact) mass is 444 g/mol. The molecule has 4 heterocycles. The lowest BCUT2D eigenvalue weighted by Crippen LogP contribution is -2.52. The van der Waals surface area contributed by atoms with Crippen LogP contribution in [-0.4, -0.2) is 63.8 Å². The quantitative estimate of drug-likeness (QED) is 0.680. The van der Waals surface area contributed by atoms with Crippen LogP contribution in [-0.2, 0) is 45.2 Å². The van der Waals surface area contributed by atoms with Gasteiger partial charge >= 0.3 is 0 Å². The van der Waals surface area contributed by atoms with Gasteiger partial charge in [0.05, 0.1) is 50.2 Å². The van der Waals surface area contributed by atoms with Crippen molar-refractivity contribution in [2.75, 3.05) is 26.3 Å². The van der Waals surface area contributed by atoms with E-state index in [0.29, 0.717) is 45.0 Å². The Morgan fingerprint density at radius 1 is 1.28 bits per heavy atom. The van der Waals surface area contributed by atoms with Gasteiger partial charge in [-0.15, -0.1) is 5.10 Å². The van der Waals surface area contributed by atoms with E-state index < -0.39 is 0 Å². The Labute approximate surface area is 186 Å². The van der Waals surface area contributed by atoms with Crippen molar-refractivity contribution in [3.63, 3.8) is 0 Å². The first-order valence-electron chi connectivity index (χ1n) is 11.4. The summed E-state index contributed by atoms with van der Waals surface area (Å²) < 4.78 is 33.5. The van der Waals surface area contributed by atoms with Gasteiger partial charge in [0.15, 0.2) is 0 Å². The summed E-state index contributed by atoms with van der Waals surface area (Å²) in [4.78, 5) is 14.5. The van der Waals surface area contributed by atoms with Crippen molar-refractivity contribution in [2.45, 2.75) is 63.6 Å². The van der Waals surface area contributed by atoms with Gasteiger partial charge in [-0.1, -0.05) is 23.4 Å². The second-order valence-corrected chi connectivity index (χ2v) is 8.91. The van der Waals surface area contributed by atoms with Gasteiger partial charge in [0.1, 0.15) is 11.5 Å². The number of hydrogen-bond donors (Lipinski definition) is 0. The molecule has 0 bridgehead atoms. The van der Waals surface area contributed by atoms with Crippen LogP contribution >= 0.6 is 0 Å². The third kappa shape index (κ3) is 4.55. The molecule has 32 heavy (non-hydrogen) atoms. The molecule has 0 radical (unpaired) electrons. The van der Waals surface area contributed by atoms with Crippen molar-refractivity contribution < 1.29 is 23.4 Å². The maximum Gasteiger partial charge on any atom is 0.227 e. The van der Waals surface area contributed by atoms with Crippen molar-refractivity contribution >= 4 is 5.91 Å². The number of halogens is 1. The van der Waals surface area contributed by atoms with E-state index in [4.69, 9.17) is 14.2 Å². The number of nitrogens with zero attached hydrogens (tertiary/aromatic N) is 4. The molecule has 9 heteroatoms. The molecule has 2 aromatic rings. The maximum absolute atomic E-state index is 13.9. The minimum absolute atomic E-state index is 0.0483. The molecule has 0 N–H and O–H groups in total. The molecular weight excluding hydrogens is 415 g/mol. The molecule has 1 atom stereocenters. The highest BCUT2D eigenvalue weighted by molar-refractivity contribution is 5.79. The Hall–Kier alpha value is -2.36. The lowest BCUT2D eigenvalue weighted by atomic mass is 9.89. The zero-order chi connectivity index (χ0) is 22.0. The van der Waals surface area contributed by atoms with Crippen molar-refractivity contribution in [2.24, 2.45) is 0 Å². The summed E-state index contributed by atoms with van der Waals surface area (Å²) in [6.45, 7) is 4.05. The van der Waals surface area contributed by atoms with E-state index in [9.17, 15) is 9.18 Å². The first kappa shape index (κ1) is 21.5. The highest BCUT2D eigenvalue weighted by atomic mass is 19.1. The van der Waals surface area contributed by atoms with Crippen LogP contribution in [0.15, 0.2) is 24.3 Å². The first-order chi connectivity index (χ1) is 15.6. The number of fused-ring (bicyclic) bond motifs is 1. The number of carbonyl (C=O) groups is 1. The maximum atomic E-state index is 13.9. The van der Waals surface area contributed by atoms with Crippen LogP contribution in [0.3, 0.4) is 0 Å². The van der Waals surface area contributed by atoms with Crippen LogP contribution in [0.1, 0.15) is 42.6 Å². The predicted octanol–water partition coefficient (Wildman–Crippen LogP) is 2.25. The summed E-state index contributed by atoms with van der Waals surface area (Å²) in [5, 5.41) is 8.63. The minimum atomic E-state index is -0.342. The van der Waals surface area contributed by atoms with Gasteiger partial charge in [-0.05, 0) is 37.3 Å². The standard InChI is InChI=1S/C23H29FN4O4/c24-19-6-2-1-4-17(19)12-22(29)27-9-7-23(8-10-27)16-28-21(15-32-23)20(25-26-28)14-30-13-18-5-3-11-31-18/h1-2,4,6,18H,3,5,7-16H2. The summed E-state index contributed by atoms with van der Waals surface area (Å²) in [6.07, 6.45) is 3.86. The Bertz CT molecular complexity index is 951. The zero-order valence-corrected chi connectivity index (χ0v) is 18.2. The lowest BCUT2D eigenvalue weighted by molar-refractivity contribution is -0.145. The number of hydrogen-bond acceptors (Lipinski definition) is 6. The Morgan fingerprint density at radius 2 is 2.12 bits per heavy atom. The van der Waals surface area contributed by atoms with Gasteiger partial charge in [-0.2, -0.15) is 0 Å². The van der Waals surface area contributed by atoms with Crippen molar-refractivity contribution in [3.05, 3.63) is 47.0 Å². The van der Waals surface area contributed by atoms with Crippen LogP contribution < -0.4 is 0 Å². The molecule has 3 aliphatic heterocycles. The van der Waals surface area contributed by atoms with Crippen LogP contribution in [0, 0.1) is 5.82 Å². The fourth-order valence-corrected chi connectivity index (χ4v) is 4.75. The fraction of sp³-hybridized carbons (Fsp3) is 0.609. The smallest absolute Gasteiger partial charge is 0.227 e. The Balaban J connectivity index is 1.14. The SMILES string of the molecule is O=C(Cc1ccccc1F)N1CCC2(CC1)Cn1nnc(COCC3CCCO3)c1CO2. The molecule has 1 aromatic carbocycles. The molecule has 1 amide bonds. The van der Waals surface area contributed by atoms with Crippen LogP contribution in [0.25, 0.3) is 0 Å². The van der Waals surface area contributed by atoms with Gasteiger partial charge in [0.2, 0.25) is 5.91 Å². The molecule has 3 aliphatic rings. The number of piperidine rings is 1. The van der Waals surface area contributed by atoms with Gasteiger partial charge in [-0.3, -0.25) is 4.79 Å². The Morgan fingerprint density at radius 3 is 2.91 bits per heavy atom. The largest absolute Gasteiger partial charge is 0.376 e. The molecule has 172 valence electrons. The molecule has 1 unspecified atom stereocenters. The second-order valence-electron chi connectivity index (χ2n) is 8.91. The minimum Gasteiger partial charge on any atom is -0.376 e. The third-order valence-electron chi connectivity index (χ3n) is 6.76. The Kier molecular flexibility index (Phi) is 6.21. The zero-order valence-electron chi connectivity index (χ0n) is 18.2. The van der Waals surface area contributed by atoms with Gasteiger partial charge in [-0.25, -0.2) is 9.07 Å². The molecule has 8 nitrogen and oxygen atoms in total. The van der Waals surface area contributed by atoms with Crippen LogP contribution in [0.2, 0.25) is 0 Å². The van der Waals surface area contributed by atoms with E-state index in [2.05, 4.69) is 10.3 Å². The predicted molar refractivity (Wildman–Crippen MR) is 112 cm³/mol. The van der Waals surface area contributed by atoms with E-state index in [1.165, 1.54) is 6.07 Å². The van der Waals surface area contributed by atoms with Crippen LogP contribution in [0.4, 0.5) is 4.39 Å². The highest BCUT2D eigenvalue weighted by Gasteiger charge is 2.41. The molecular formula is C23H29FN4O4. The molecule has 0 aliphatic carbocycles. The summed E-state index contributed by atoms with van der Waals surface area (Å²) >= 11 is 0. The number of rotatable bonds is 6. The van der Waals surface area contributed by atoms with E-state index in [1.54, 1.807) is 18.2 Å². The van der Waals surface area contributed by atoms with Crippen molar-refractivity contribution in [1.82, 2.24) is 19.9 Å². The normalized spacial score (nSPS) is 22.3. The van der Waals surface area contributed by atoms with Crippen LogP contribution in [0.5, 0.6) is 0 Å². The molecule has 2 saturated heterocycles. The van der Waals surface area contributed by atoms with E-state index >= 15 is 0 Å². The van der Waals surface area contributed by atoms with Gasteiger partial charge in [0.25, 0.3) is 0 Å². The third-order valence-corrected chi connectivity index (χ3v) is 6.76. The topological polar surface area (TPSA) is 78.7 Å². The number of benzene rings is 1. The molecule has 1 aromatic heterocycles. The highest BCUT2D eigenvalue weighted by Crippen LogP contribution is 2.33. The number of likely N-dealkylation sites (tertiary alicyclic amines) is 1. The average molecular weight is 445 g/mol. The average Bonchev–Trinajstić information content (AvgIpc) is 3.46. The van der Waals surface area contributed by atoms with Gasteiger partial charge in [0, 0.05) is 19.7 Å². The summed E-state index contributed by atoms with van der Waals surface area (Å²) in [6, 6.07) is 6.44. The number of aromatic nitrogens is 3. The van der Waals surface area contributed by atoms with E-state index in [0.717, 1.165) is 43.7 Å². The molecule has 0 saturated carbocycles. The fourth-order valence-electron chi connectivity index (χ4n) is 4.75. The first-order valence-corrected chi connectivity index (χ1v) is 11.4. The molecule has 5 rings (SSSR count). The van der Waals surface area contributed by atoms with E-state index in [1.807, 2.05) is 9.58 Å². The summed E-state index contributed by atoms with van der Waals surface area (Å²) in [5.41, 5.74) is 1.87. The second kappa shape index (κ2) is 9.25. The number of amides is 1. The number of ether oxygens (including phenoxy) is 3. The molecule has 1 spiro atoms. The molecule has 2 fully saturated rings. The summed E-state index contributed by atoms with van der Waals surface area (Å²) in [5.74, 6) is -0.382. The van der Waals surface area contributed by atoms with Gasteiger partial charge < -0.3 is 19.1 Å². The van der Waals surface area contributed by atoms with Crippen molar-refractivity contribution in [3.8, 4) is 0 Å². The summed E-state index contributed by atoms with van der Waals surface area (Å²) in [7, 11) is 0. The number of carbonyl (C=O) groups excluding carboxylic acids is 1. The van der Waals surface area contributed by atoms with E-state index in [-0.39, 0.29) is 29.9 Å². The lowest BCUT2D eigenvalue weighted by Gasteiger charge is -2.43.